The van der Waals surface area contributed by atoms with E-state index in [9.17, 15) is 4.79 Å². The third-order valence-electron chi connectivity index (χ3n) is 3.40. The van der Waals surface area contributed by atoms with Gasteiger partial charge in [0.1, 0.15) is 11.6 Å². The second-order valence-corrected chi connectivity index (χ2v) is 6.12. The van der Waals surface area contributed by atoms with Gasteiger partial charge in [0.25, 0.3) is 5.91 Å². The van der Waals surface area contributed by atoms with Gasteiger partial charge < -0.3 is 20.3 Å². The van der Waals surface area contributed by atoms with Crippen LogP contribution >= 0.6 is 11.6 Å². The Bertz CT molecular complexity index is 707. The van der Waals surface area contributed by atoms with Crippen molar-refractivity contribution in [3.05, 3.63) is 41.0 Å². The van der Waals surface area contributed by atoms with Gasteiger partial charge in [-0.25, -0.2) is 0 Å². The van der Waals surface area contributed by atoms with E-state index >= 15 is 0 Å². The number of nitrogens with one attached hydrogen (secondary N) is 2. The SMILES string of the molecule is COc1ccc(Cl)cc1NC(=O)c1ccc(NCCCN(C)C)nn1. The lowest BCUT2D eigenvalue weighted by atomic mass is 10.2. The largest absolute Gasteiger partial charge is 0.495 e. The summed E-state index contributed by atoms with van der Waals surface area (Å²) in [7, 11) is 5.58. The molecular formula is C17H22ClN5O2. The van der Waals surface area contributed by atoms with Gasteiger partial charge in [-0.3, -0.25) is 4.79 Å². The topological polar surface area (TPSA) is 79.4 Å². The van der Waals surface area contributed by atoms with E-state index in [4.69, 9.17) is 16.3 Å². The van der Waals surface area contributed by atoms with Crippen LogP contribution in [0, 0.1) is 0 Å². The molecule has 1 amide bonds. The van der Waals surface area contributed by atoms with Crippen LogP contribution in [0.25, 0.3) is 0 Å². The summed E-state index contributed by atoms with van der Waals surface area (Å²) in [5.74, 6) is 0.771. The van der Waals surface area contributed by atoms with Crippen LogP contribution in [0.5, 0.6) is 5.75 Å². The van der Waals surface area contributed by atoms with Gasteiger partial charge in [-0.1, -0.05) is 11.6 Å². The number of ether oxygens (including phenoxy) is 1. The van der Waals surface area contributed by atoms with Crippen LogP contribution in [0.2, 0.25) is 5.02 Å². The average Bonchev–Trinajstić information content (AvgIpc) is 2.59. The number of methoxy groups -OCH3 is 1. The lowest BCUT2D eigenvalue weighted by Crippen LogP contribution is -2.17. The minimum atomic E-state index is -0.382. The molecule has 0 aliphatic carbocycles. The zero-order valence-electron chi connectivity index (χ0n) is 14.5. The Morgan fingerprint density at radius 1 is 1.24 bits per heavy atom. The van der Waals surface area contributed by atoms with E-state index in [1.165, 1.54) is 7.11 Å². The van der Waals surface area contributed by atoms with Crippen LogP contribution in [0.3, 0.4) is 0 Å². The Morgan fingerprint density at radius 2 is 2.04 bits per heavy atom. The summed E-state index contributed by atoms with van der Waals surface area (Å²) in [5, 5.41) is 14.4. The van der Waals surface area contributed by atoms with Crippen LogP contribution in [0.15, 0.2) is 30.3 Å². The molecule has 0 radical (unpaired) electrons. The lowest BCUT2D eigenvalue weighted by Gasteiger charge is -2.11. The normalized spacial score (nSPS) is 10.6. The molecule has 0 aliphatic rings. The van der Waals surface area contributed by atoms with Gasteiger partial charge in [-0.15, -0.1) is 10.2 Å². The minimum absolute atomic E-state index is 0.209. The Kier molecular flexibility index (Phi) is 6.97. The molecule has 0 fully saturated rings. The lowest BCUT2D eigenvalue weighted by molar-refractivity contribution is 0.102. The minimum Gasteiger partial charge on any atom is -0.495 e. The molecule has 1 aromatic carbocycles. The van der Waals surface area contributed by atoms with Crippen molar-refractivity contribution in [1.29, 1.82) is 0 Å². The Labute approximate surface area is 152 Å². The summed E-state index contributed by atoms with van der Waals surface area (Å²) in [6.45, 7) is 1.78. The van der Waals surface area contributed by atoms with Crippen molar-refractivity contribution in [1.82, 2.24) is 15.1 Å². The van der Waals surface area contributed by atoms with Gasteiger partial charge in [0, 0.05) is 11.6 Å². The van der Waals surface area contributed by atoms with E-state index in [-0.39, 0.29) is 11.6 Å². The maximum Gasteiger partial charge on any atom is 0.276 e. The zero-order chi connectivity index (χ0) is 18.2. The highest BCUT2D eigenvalue weighted by Crippen LogP contribution is 2.27. The average molecular weight is 364 g/mol. The van der Waals surface area contributed by atoms with Crippen LogP contribution in [0.1, 0.15) is 16.9 Å². The van der Waals surface area contributed by atoms with Crippen LogP contribution in [-0.4, -0.2) is 55.3 Å². The molecule has 7 nitrogen and oxygen atoms in total. The molecule has 1 aromatic heterocycles. The molecule has 2 rings (SSSR count). The molecule has 0 saturated heterocycles. The number of hydrogen-bond acceptors (Lipinski definition) is 6. The fourth-order valence-corrected chi connectivity index (χ4v) is 2.30. The maximum atomic E-state index is 12.3. The molecule has 0 atom stereocenters. The number of nitrogens with zero attached hydrogens (tertiary/aromatic N) is 3. The summed E-state index contributed by atoms with van der Waals surface area (Å²) in [4.78, 5) is 14.4. The number of aromatic nitrogens is 2. The number of benzene rings is 1. The summed E-state index contributed by atoms with van der Waals surface area (Å²) in [6.07, 6.45) is 0.992. The predicted octanol–water partition coefficient (Wildman–Crippen LogP) is 2.75. The fourth-order valence-electron chi connectivity index (χ4n) is 2.12. The molecule has 0 saturated carbocycles. The Morgan fingerprint density at radius 3 is 2.68 bits per heavy atom. The van der Waals surface area contributed by atoms with Gasteiger partial charge in [-0.2, -0.15) is 0 Å². The van der Waals surface area contributed by atoms with Gasteiger partial charge in [0.15, 0.2) is 5.69 Å². The van der Waals surface area contributed by atoms with Crippen molar-refractivity contribution < 1.29 is 9.53 Å². The Balaban J connectivity index is 1.95. The summed E-state index contributed by atoms with van der Waals surface area (Å²) in [6, 6.07) is 8.34. The number of halogens is 1. The van der Waals surface area contributed by atoms with Gasteiger partial charge in [0.05, 0.1) is 12.8 Å². The van der Waals surface area contributed by atoms with E-state index in [1.807, 2.05) is 14.1 Å². The summed E-state index contributed by atoms with van der Waals surface area (Å²) >= 11 is 5.96. The molecule has 0 aliphatic heterocycles. The van der Waals surface area contributed by atoms with E-state index in [0.717, 1.165) is 19.5 Å². The molecule has 1 heterocycles. The number of rotatable bonds is 8. The maximum absolute atomic E-state index is 12.3. The van der Waals surface area contributed by atoms with Crippen molar-refractivity contribution >= 4 is 29.0 Å². The van der Waals surface area contributed by atoms with Crippen molar-refractivity contribution in [3.8, 4) is 5.75 Å². The van der Waals surface area contributed by atoms with E-state index < -0.39 is 0 Å². The highest BCUT2D eigenvalue weighted by Gasteiger charge is 2.12. The molecule has 8 heteroatoms. The summed E-state index contributed by atoms with van der Waals surface area (Å²) in [5.41, 5.74) is 0.688. The third kappa shape index (κ3) is 5.88. The number of anilines is 2. The monoisotopic (exact) mass is 363 g/mol. The van der Waals surface area contributed by atoms with Gasteiger partial charge in [0.2, 0.25) is 0 Å². The Hall–Kier alpha value is -2.38. The molecule has 0 unspecified atom stereocenters. The first-order valence-corrected chi connectivity index (χ1v) is 8.24. The first-order chi connectivity index (χ1) is 12.0. The zero-order valence-corrected chi connectivity index (χ0v) is 15.3. The molecule has 0 spiro atoms. The van der Waals surface area contributed by atoms with Crippen LogP contribution in [-0.2, 0) is 0 Å². The van der Waals surface area contributed by atoms with E-state index in [0.29, 0.717) is 22.3 Å². The molecule has 2 aromatic rings. The first-order valence-electron chi connectivity index (χ1n) is 7.87. The number of amides is 1. The second kappa shape index (κ2) is 9.19. The highest BCUT2D eigenvalue weighted by molar-refractivity contribution is 6.31. The highest BCUT2D eigenvalue weighted by atomic mass is 35.5. The number of carbonyl (C=O) groups excluding carboxylic acids is 1. The smallest absolute Gasteiger partial charge is 0.276 e. The van der Waals surface area contributed by atoms with Crippen molar-refractivity contribution in [2.24, 2.45) is 0 Å². The standard InChI is InChI=1S/C17H22ClN5O2/c1-23(2)10-4-9-19-16-8-6-13(21-22-16)17(24)20-14-11-12(18)5-7-15(14)25-3/h5-8,11H,4,9-10H2,1-3H3,(H,19,22)(H,20,24). The molecular weight excluding hydrogens is 342 g/mol. The number of hydrogen-bond donors (Lipinski definition) is 2. The second-order valence-electron chi connectivity index (χ2n) is 5.69. The van der Waals surface area contributed by atoms with Crippen LogP contribution < -0.4 is 15.4 Å². The number of carbonyl (C=O) groups is 1. The molecule has 0 bridgehead atoms. The quantitative estimate of drug-likeness (QED) is 0.702. The summed E-state index contributed by atoms with van der Waals surface area (Å²) < 4.78 is 5.21. The third-order valence-corrected chi connectivity index (χ3v) is 3.63. The van der Waals surface area contributed by atoms with Crippen molar-refractivity contribution in [2.75, 3.05) is 44.9 Å². The van der Waals surface area contributed by atoms with Crippen molar-refractivity contribution in [2.45, 2.75) is 6.42 Å². The van der Waals surface area contributed by atoms with E-state index in [1.54, 1.807) is 30.3 Å². The fraction of sp³-hybridized carbons (Fsp3) is 0.353. The molecule has 134 valence electrons. The first kappa shape index (κ1) is 19.0. The van der Waals surface area contributed by atoms with Crippen LogP contribution in [0.4, 0.5) is 11.5 Å². The van der Waals surface area contributed by atoms with E-state index in [2.05, 4.69) is 25.7 Å². The predicted molar refractivity (Wildman–Crippen MR) is 99.6 cm³/mol. The van der Waals surface area contributed by atoms with Gasteiger partial charge >= 0.3 is 0 Å². The van der Waals surface area contributed by atoms with Gasteiger partial charge in [-0.05, 0) is 57.4 Å². The molecule has 25 heavy (non-hydrogen) atoms. The molecule has 2 N–H and O–H groups in total. The van der Waals surface area contributed by atoms with Crippen molar-refractivity contribution in [3.63, 3.8) is 0 Å².